The molecule has 1 aliphatic heterocycles. The average molecular weight is 294 g/mol. The van der Waals surface area contributed by atoms with Crippen molar-refractivity contribution in [3.05, 3.63) is 29.8 Å². The fourth-order valence-electron chi connectivity index (χ4n) is 2.65. The number of quaternary nitrogens is 1. The number of methoxy groups -OCH3 is 1. The van der Waals surface area contributed by atoms with Gasteiger partial charge in [-0.25, -0.2) is 4.79 Å². The lowest BCUT2D eigenvalue weighted by atomic mass is 10.1. The highest BCUT2D eigenvalue weighted by atomic mass is 16.5. The minimum Gasteiger partial charge on any atom is -0.491 e. The summed E-state index contributed by atoms with van der Waals surface area (Å²) < 4.78 is 10.2. The molecule has 1 fully saturated rings. The minimum atomic E-state index is -0.460. The molecule has 0 saturated carbocycles. The van der Waals surface area contributed by atoms with Crippen molar-refractivity contribution in [3.63, 3.8) is 0 Å². The topological polar surface area (TPSA) is 60.2 Å². The summed E-state index contributed by atoms with van der Waals surface area (Å²) in [6, 6.07) is 6.74. The Balaban J connectivity index is 1.75. The Morgan fingerprint density at radius 1 is 1.24 bits per heavy atom. The third kappa shape index (κ3) is 5.02. The Morgan fingerprint density at radius 2 is 1.90 bits per heavy atom. The Bertz CT molecular complexity index is 440. The first-order valence-electron chi connectivity index (χ1n) is 7.52. The van der Waals surface area contributed by atoms with Gasteiger partial charge in [0, 0.05) is 0 Å². The van der Waals surface area contributed by atoms with Crippen molar-refractivity contribution >= 4 is 5.97 Å². The van der Waals surface area contributed by atoms with Crippen molar-refractivity contribution in [1.29, 1.82) is 0 Å². The van der Waals surface area contributed by atoms with Crippen molar-refractivity contribution in [1.82, 2.24) is 0 Å². The number of ether oxygens (including phenoxy) is 2. The van der Waals surface area contributed by atoms with Gasteiger partial charge in [-0.2, -0.15) is 0 Å². The number of likely N-dealkylation sites (tertiary alicyclic amines) is 1. The fraction of sp³-hybridized carbons (Fsp3) is 0.562. The smallest absolute Gasteiger partial charge is 0.337 e. The zero-order valence-electron chi connectivity index (χ0n) is 12.5. The third-order valence-electron chi connectivity index (χ3n) is 3.80. The summed E-state index contributed by atoms with van der Waals surface area (Å²) in [6.07, 6.45) is 3.34. The standard InChI is InChI=1S/C16H23NO4/c1-20-16(19)13-5-7-15(8-6-13)21-12-14(18)11-17-9-3-2-4-10-17/h5-8,14,18H,2-4,9-12H2,1H3/p+1/t14-/m0/s1. The molecular weight excluding hydrogens is 270 g/mol. The van der Waals surface area contributed by atoms with Crippen LogP contribution in [0.2, 0.25) is 0 Å². The normalized spacial score (nSPS) is 17.2. The third-order valence-corrected chi connectivity index (χ3v) is 3.80. The maximum Gasteiger partial charge on any atom is 0.337 e. The molecule has 116 valence electrons. The largest absolute Gasteiger partial charge is 0.491 e. The fourth-order valence-corrected chi connectivity index (χ4v) is 2.65. The van der Waals surface area contributed by atoms with Gasteiger partial charge >= 0.3 is 5.97 Å². The predicted octanol–water partition coefficient (Wildman–Crippen LogP) is 0.282. The molecule has 1 atom stereocenters. The van der Waals surface area contributed by atoms with Gasteiger partial charge < -0.3 is 19.5 Å². The Labute approximate surface area is 125 Å². The maximum atomic E-state index is 11.3. The van der Waals surface area contributed by atoms with Crippen LogP contribution in [0, 0.1) is 0 Å². The first-order valence-corrected chi connectivity index (χ1v) is 7.52. The summed E-state index contributed by atoms with van der Waals surface area (Å²) >= 11 is 0. The van der Waals surface area contributed by atoms with E-state index in [1.807, 2.05) is 0 Å². The number of carbonyl (C=O) groups excluding carboxylic acids is 1. The molecular formula is C16H24NO4+. The second-order valence-corrected chi connectivity index (χ2v) is 5.50. The van der Waals surface area contributed by atoms with E-state index < -0.39 is 6.10 Å². The van der Waals surface area contributed by atoms with E-state index >= 15 is 0 Å². The summed E-state index contributed by atoms with van der Waals surface area (Å²) in [6.45, 7) is 3.30. The number of piperidine rings is 1. The van der Waals surface area contributed by atoms with Crippen LogP contribution in [0.15, 0.2) is 24.3 Å². The van der Waals surface area contributed by atoms with Gasteiger partial charge in [0.1, 0.15) is 25.0 Å². The first kappa shape index (κ1) is 15.8. The molecule has 2 rings (SSSR count). The molecule has 2 N–H and O–H groups in total. The molecule has 0 unspecified atom stereocenters. The number of rotatable bonds is 6. The van der Waals surface area contributed by atoms with Gasteiger partial charge in [-0.1, -0.05) is 0 Å². The lowest BCUT2D eigenvalue weighted by molar-refractivity contribution is -0.908. The van der Waals surface area contributed by atoms with Gasteiger partial charge in [0.05, 0.1) is 25.8 Å². The lowest BCUT2D eigenvalue weighted by Crippen LogP contribution is -3.14. The quantitative estimate of drug-likeness (QED) is 0.740. The molecule has 5 nitrogen and oxygen atoms in total. The van der Waals surface area contributed by atoms with E-state index in [2.05, 4.69) is 4.74 Å². The van der Waals surface area contributed by atoms with E-state index in [0.29, 0.717) is 11.3 Å². The number of esters is 1. The molecule has 5 heteroatoms. The van der Waals surface area contributed by atoms with Crippen LogP contribution in [0.5, 0.6) is 5.75 Å². The average Bonchev–Trinajstić information content (AvgIpc) is 2.53. The second-order valence-electron chi connectivity index (χ2n) is 5.50. The molecule has 0 aromatic heterocycles. The molecule has 1 saturated heterocycles. The number of hydrogen-bond acceptors (Lipinski definition) is 4. The second kappa shape index (κ2) is 8.00. The molecule has 1 heterocycles. The van der Waals surface area contributed by atoms with Crippen LogP contribution in [0.3, 0.4) is 0 Å². The highest BCUT2D eigenvalue weighted by molar-refractivity contribution is 5.89. The highest BCUT2D eigenvalue weighted by Gasteiger charge is 2.18. The number of carbonyl (C=O) groups is 1. The molecule has 0 amide bonds. The van der Waals surface area contributed by atoms with Crippen LogP contribution in [0.4, 0.5) is 0 Å². The van der Waals surface area contributed by atoms with Crippen LogP contribution in [0.1, 0.15) is 29.6 Å². The number of aliphatic hydroxyl groups is 1. The molecule has 1 aromatic rings. The molecule has 0 aliphatic carbocycles. The Morgan fingerprint density at radius 3 is 2.52 bits per heavy atom. The first-order chi connectivity index (χ1) is 10.2. The monoisotopic (exact) mass is 294 g/mol. The molecule has 21 heavy (non-hydrogen) atoms. The van der Waals surface area contributed by atoms with E-state index in [9.17, 15) is 9.90 Å². The Kier molecular flexibility index (Phi) is 6.02. The number of benzene rings is 1. The van der Waals surface area contributed by atoms with Gasteiger partial charge in [-0.05, 0) is 43.5 Å². The maximum absolute atomic E-state index is 11.3. The van der Waals surface area contributed by atoms with E-state index in [-0.39, 0.29) is 12.6 Å². The number of nitrogens with one attached hydrogen (secondary N) is 1. The summed E-state index contributed by atoms with van der Waals surface area (Å²) in [5, 5.41) is 10.0. The van der Waals surface area contributed by atoms with Gasteiger partial charge in [0.15, 0.2) is 0 Å². The summed E-state index contributed by atoms with van der Waals surface area (Å²) in [5.41, 5.74) is 0.489. The van der Waals surface area contributed by atoms with Crippen LogP contribution in [0.25, 0.3) is 0 Å². The van der Waals surface area contributed by atoms with Gasteiger partial charge in [0.25, 0.3) is 0 Å². The van der Waals surface area contributed by atoms with E-state index in [1.165, 1.54) is 31.3 Å². The Hall–Kier alpha value is -1.59. The van der Waals surface area contributed by atoms with Crippen LogP contribution >= 0.6 is 0 Å². The van der Waals surface area contributed by atoms with Gasteiger partial charge in [-0.3, -0.25) is 0 Å². The zero-order valence-corrected chi connectivity index (χ0v) is 12.5. The minimum absolute atomic E-state index is 0.279. The zero-order chi connectivity index (χ0) is 15.1. The summed E-state index contributed by atoms with van der Waals surface area (Å²) in [4.78, 5) is 12.8. The molecule has 0 bridgehead atoms. The predicted molar refractivity (Wildman–Crippen MR) is 78.7 cm³/mol. The van der Waals surface area contributed by atoms with Crippen LogP contribution in [-0.2, 0) is 4.74 Å². The lowest BCUT2D eigenvalue weighted by Gasteiger charge is -2.25. The van der Waals surface area contributed by atoms with Crippen LogP contribution < -0.4 is 9.64 Å². The van der Waals surface area contributed by atoms with Gasteiger partial charge in [-0.15, -0.1) is 0 Å². The summed E-state index contributed by atoms with van der Waals surface area (Å²) in [5.74, 6) is 0.283. The van der Waals surface area contributed by atoms with Crippen molar-refractivity contribution in [2.75, 3.05) is 33.4 Å². The van der Waals surface area contributed by atoms with Crippen molar-refractivity contribution in [2.24, 2.45) is 0 Å². The highest BCUT2D eigenvalue weighted by Crippen LogP contribution is 2.13. The summed E-state index contributed by atoms with van der Waals surface area (Å²) in [7, 11) is 1.35. The van der Waals surface area contributed by atoms with E-state index in [0.717, 1.165) is 19.6 Å². The number of hydrogen-bond donors (Lipinski definition) is 2. The van der Waals surface area contributed by atoms with Crippen LogP contribution in [-0.4, -0.2) is 50.5 Å². The van der Waals surface area contributed by atoms with Gasteiger partial charge in [0.2, 0.25) is 0 Å². The molecule has 1 aliphatic rings. The number of aliphatic hydroxyl groups excluding tert-OH is 1. The molecule has 1 aromatic carbocycles. The molecule has 0 spiro atoms. The van der Waals surface area contributed by atoms with Crippen molar-refractivity contribution in [2.45, 2.75) is 25.4 Å². The van der Waals surface area contributed by atoms with Crippen molar-refractivity contribution < 1.29 is 24.3 Å². The van der Waals surface area contributed by atoms with E-state index in [4.69, 9.17) is 4.74 Å². The SMILES string of the molecule is COC(=O)c1ccc(OC[C@@H](O)C[NH+]2CCCCC2)cc1. The van der Waals surface area contributed by atoms with Crippen molar-refractivity contribution in [3.8, 4) is 5.75 Å². The molecule has 0 radical (unpaired) electrons. The van der Waals surface area contributed by atoms with E-state index in [1.54, 1.807) is 24.3 Å².